The highest BCUT2D eigenvalue weighted by Gasteiger charge is 2.26. The van der Waals surface area contributed by atoms with E-state index in [2.05, 4.69) is 0 Å². The zero-order chi connectivity index (χ0) is 14.5. The number of carbonyl (C=O) groups excluding carboxylic acids is 1. The second kappa shape index (κ2) is 6.92. The standard InChI is InChI=1S/C14H18ClNO4/c1-10-4-3-5-11(18-2)14(10)16(12(17)8-15)9-13-19-6-7-20-13/h3-5,13H,6-9H2,1-2H3. The van der Waals surface area contributed by atoms with Gasteiger partial charge in [0.05, 0.1) is 32.6 Å². The van der Waals surface area contributed by atoms with Crippen LogP contribution in [0, 0.1) is 6.92 Å². The zero-order valence-corrected chi connectivity index (χ0v) is 12.4. The topological polar surface area (TPSA) is 48.0 Å². The van der Waals surface area contributed by atoms with Crippen LogP contribution in [0.2, 0.25) is 0 Å². The summed E-state index contributed by atoms with van der Waals surface area (Å²) < 4.78 is 16.2. The normalized spacial score (nSPS) is 15.3. The van der Waals surface area contributed by atoms with Gasteiger partial charge in [-0.15, -0.1) is 11.6 Å². The molecule has 0 bridgehead atoms. The quantitative estimate of drug-likeness (QED) is 0.780. The Bertz CT molecular complexity index is 474. The zero-order valence-electron chi connectivity index (χ0n) is 11.6. The number of halogens is 1. The van der Waals surface area contributed by atoms with Gasteiger partial charge >= 0.3 is 0 Å². The summed E-state index contributed by atoms with van der Waals surface area (Å²) in [5.41, 5.74) is 1.64. The van der Waals surface area contributed by atoms with E-state index in [0.717, 1.165) is 5.56 Å². The predicted octanol–water partition coefficient (Wildman–Crippen LogP) is 1.95. The van der Waals surface area contributed by atoms with Crippen LogP contribution in [-0.4, -0.2) is 44.9 Å². The predicted molar refractivity (Wildman–Crippen MR) is 76.5 cm³/mol. The maximum Gasteiger partial charge on any atom is 0.242 e. The van der Waals surface area contributed by atoms with Crippen LogP contribution in [0.15, 0.2) is 18.2 Å². The molecule has 0 aromatic heterocycles. The van der Waals surface area contributed by atoms with Crippen molar-refractivity contribution in [1.82, 2.24) is 0 Å². The van der Waals surface area contributed by atoms with Gasteiger partial charge in [0.25, 0.3) is 0 Å². The average molecular weight is 300 g/mol. The largest absolute Gasteiger partial charge is 0.495 e. The van der Waals surface area contributed by atoms with Gasteiger partial charge in [0.15, 0.2) is 6.29 Å². The number of methoxy groups -OCH3 is 1. The maximum absolute atomic E-state index is 12.1. The summed E-state index contributed by atoms with van der Waals surface area (Å²) in [6.45, 7) is 3.30. The number of aryl methyl sites for hydroxylation is 1. The number of rotatable bonds is 5. The monoisotopic (exact) mass is 299 g/mol. The Hall–Kier alpha value is -1.30. The SMILES string of the molecule is COc1cccc(C)c1N(CC1OCCO1)C(=O)CCl. The summed E-state index contributed by atoms with van der Waals surface area (Å²) in [7, 11) is 1.57. The minimum Gasteiger partial charge on any atom is -0.495 e. The minimum atomic E-state index is -0.425. The molecular formula is C14H18ClNO4. The van der Waals surface area contributed by atoms with Gasteiger partial charge < -0.3 is 19.1 Å². The van der Waals surface area contributed by atoms with E-state index in [9.17, 15) is 4.79 Å². The summed E-state index contributed by atoms with van der Waals surface area (Å²) >= 11 is 5.72. The van der Waals surface area contributed by atoms with Crippen LogP contribution < -0.4 is 9.64 Å². The lowest BCUT2D eigenvalue weighted by Gasteiger charge is -2.27. The number of hydrogen-bond donors (Lipinski definition) is 0. The molecule has 1 amide bonds. The molecule has 0 saturated carbocycles. The summed E-state index contributed by atoms with van der Waals surface area (Å²) in [5.74, 6) is 0.310. The van der Waals surface area contributed by atoms with Crippen LogP contribution in [0.25, 0.3) is 0 Å². The van der Waals surface area contributed by atoms with E-state index in [1.165, 1.54) is 0 Å². The molecule has 1 aliphatic rings. The Morgan fingerprint density at radius 2 is 2.15 bits per heavy atom. The van der Waals surface area contributed by atoms with Crippen molar-refractivity contribution in [2.45, 2.75) is 13.2 Å². The first kappa shape index (κ1) is 15.1. The van der Waals surface area contributed by atoms with Crippen molar-refractivity contribution in [3.63, 3.8) is 0 Å². The maximum atomic E-state index is 12.1. The Labute approximate surface area is 123 Å². The van der Waals surface area contributed by atoms with Crippen molar-refractivity contribution < 1.29 is 19.0 Å². The third-order valence-corrected chi connectivity index (χ3v) is 3.36. The van der Waals surface area contributed by atoms with Crippen LogP contribution in [-0.2, 0) is 14.3 Å². The molecule has 2 rings (SSSR count). The van der Waals surface area contributed by atoms with Gasteiger partial charge in [0.2, 0.25) is 5.91 Å². The highest BCUT2D eigenvalue weighted by atomic mass is 35.5. The van der Waals surface area contributed by atoms with Crippen LogP contribution >= 0.6 is 11.6 Å². The van der Waals surface area contributed by atoms with E-state index in [4.69, 9.17) is 25.8 Å². The molecular weight excluding hydrogens is 282 g/mol. The molecule has 1 aromatic carbocycles. The first-order chi connectivity index (χ1) is 9.67. The third-order valence-electron chi connectivity index (χ3n) is 3.13. The highest BCUT2D eigenvalue weighted by Crippen LogP contribution is 2.32. The van der Waals surface area contributed by atoms with Crippen molar-refractivity contribution in [3.8, 4) is 5.75 Å². The fourth-order valence-corrected chi connectivity index (χ4v) is 2.34. The fraction of sp³-hybridized carbons (Fsp3) is 0.500. The minimum absolute atomic E-state index is 0.107. The molecule has 110 valence electrons. The summed E-state index contributed by atoms with van der Waals surface area (Å²) in [6, 6.07) is 5.61. The van der Waals surface area contributed by atoms with Crippen molar-refractivity contribution in [1.29, 1.82) is 0 Å². The van der Waals surface area contributed by atoms with E-state index in [0.29, 0.717) is 31.2 Å². The summed E-state index contributed by atoms with van der Waals surface area (Å²) in [4.78, 5) is 13.7. The van der Waals surface area contributed by atoms with Gasteiger partial charge in [-0.25, -0.2) is 0 Å². The van der Waals surface area contributed by atoms with Crippen LogP contribution in [0.1, 0.15) is 5.56 Å². The van der Waals surface area contributed by atoms with E-state index >= 15 is 0 Å². The van der Waals surface area contributed by atoms with Crippen molar-refractivity contribution in [2.24, 2.45) is 0 Å². The number of ether oxygens (including phenoxy) is 3. The van der Waals surface area contributed by atoms with Gasteiger partial charge in [-0.2, -0.15) is 0 Å². The summed E-state index contributed by atoms with van der Waals surface area (Å²) in [6.07, 6.45) is -0.425. The smallest absolute Gasteiger partial charge is 0.242 e. The molecule has 0 N–H and O–H groups in total. The van der Waals surface area contributed by atoms with E-state index < -0.39 is 6.29 Å². The molecule has 1 aliphatic heterocycles. The van der Waals surface area contributed by atoms with Gasteiger partial charge in [0.1, 0.15) is 11.6 Å². The number of hydrogen-bond acceptors (Lipinski definition) is 4. The van der Waals surface area contributed by atoms with E-state index in [-0.39, 0.29) is 11.8 Å². The first-order valence-electron chi connectivity index (χ1n) is 6.40. The van der Waals surface area contributed by atoms with Gasteiger partial charge in [-0.1, -0.05) is 12.1 Å². The molecule has 0 unspecified atom stereocenters. The Kier molecular flexibility index (Phi) is 5.23. The molecule has 1 saturated heterocycles. The number of nitrogens with zero attached hydrogens (tertiary/aromatic N) is 1. The van der Waals surface area contributed by atoms with Crippen molar-refractivity contribution in [3.05, 3.63) is 23.8 Å². The molecule has 1 fully saturated rings. The van der Waals surface area contributed by atoms with E-state index in [1.807, 2.05) is 25.1 Å². The van der Waals surface area contributed by atoms with Crippen LogP contribution in [0.4, 0.5) is 5.69 Å². The van der Waals surface area contributed by atoms with Gasteiger partial charge in [-0.3, -0.25) is 4.79 Å². The molecule has 5 nitrogen and oxygen atoms in total. The molecule has 0 radical (unpaired) electrons. The van der Waals surface area contributed by atoms with Crippen molar-refractivity contribution >= 4 is 23.2 Å². The average Bonchev–Trinajstić information content (AvgIpc) is 2.97. The molecule has 0 atom stereocenters. The Morgan fingerprint density at radius 1 is 1.45 bits per heavy atom. The molecule has 0 aliphatic carbocycles. The Balaban J connectivity index is 2.32. The molecule has 0 spiro atoms. The molecule has 1 heterocycles. The molecule has 6 heteroatoms. The third kappa shape index (κ3) is 3.23. The number of para-hydroxylation sites is 1. The highest BCUT2D eigenvalue weighted by molar-refractivity contribution is 6.29. The van der Waals surface area contributed by atoms with Crippen molar-refractivity contribution in [2.75, 3.05) is 37.6 Å². The number of anilines is 1. The van der Waals surface area contributed by atoms with Gasteiger partial charge in [0, 0.05) is 0 Å². The molecule has 1 aromatic rings. The van der Waals surface area contributed by atoms with Gasteiger partial charge in [-0.05, 0) is 18.6 Å². The molecule has 20 heavy (non-hydrogen) atoms. The number of amides is 1. The second-order valence-electron chi connectivity index (χ2n) is 4.43. The second-order valence-corrected chi connectivity index (χ2v) is 4.70. The lowest BCUT2D eigenvalue weighted by atomic mass is 10.1. The number of alkyl halides is 1. The lowest BCUT2D eigenvalue weighted by Crippen LogP contribution is -2.39. The summed E-state index contributed by atoms with van der Waals surface area (Å²) in [5, 5.41) is 0. The number of benzene rings is 1. The Morgan fingerprint density at radius 3 is 2.75 bits per heavy atom. The fourth-order valence-electron chi connectivity index (χ4n) is 2.19. The van der Waals surface area contributed by atoms with Crippen LogP contribution in [0.5, 0.6) is 5.75 Å². The first-order valence-corrected chi connectivity index (χ1v) is 6.94. The lowest BCUT2D eigenvalue weighted by molar-refractivity contribution is -0.117. The van der Waals surface area contributed by atoms with E-state index in [1.54, 1.807) is 12.0 Å². The van der Waals surface area contributed by atoms with Crippen LogP contribution in [0.3, 0.4) is 0 Å². The number of carbonyl (C=O) groups is 1.